The monoisotopic (exact) mass is 273 g/mol. The molecule has 1 saturated heterocycles. The van der Waals surface area contributed by atoms with Gasteiger partial charge >= 0.3 is 0 Å². The Kier molecular flexibility index (Phi) is 4.98. The highest BCUT2D eigenvalue weighted by molar-refractivity contribution is 5.96. The largest absolute Gasteiger partial charge is 0.300 e. The molecule has 2 unspecified atom stereocenters. The number of hydrogen-bond acceptors (Lipinski definition) is 2. The van der Waals surface area contributed by atoms with Crippen LogP contribution in [0.1, 0.15) is 54.6 Å². The van der Waals surface area contributed by atoms with E-state index in [1.165, 1.54) is 24.0 Å². The molecule has 0 aromatic heterocycles. The molecule has 2 rings (SSSR count). The summed E-state index contributed by atoms with van der Waals surface area (Å²) in [5, 5.41) is 0. The van der Waals surface area contributed by atoms with Crippen LogP contribution >= 0.6 is 0 Å². The summed E-state index contributed by atoms with van der Waals surface area (Å²) in [5.41, 5.74) is 3.22. The van der Waals surface area contributed by atoms with E-state index >= 15 is 0 Å². The molecule has 0 radical (unpaired) electrons. The molecule has 110 valence electrons. The first-order valence-corrected chi connectivity index (χ1v) is 7.81. The molecule has 1 heterocycles. The van der Waals surface area contributed by atoms with Gasteiger partial charge in [-0.15, -0.1) is 0 Å². The Balaban J connectivity index is 1.92. The number of carbonyl (C=O) groups is 1. The number of hydrogen-bond donors (Lipinski definition) is 0. The molecule has 1 aliphatic rings. The second-order valence-electron chi connectivity index (χ2n) is 6.56. The molecular formula is C18H27NO. The Morgan fingerprint density at radius 2 is 1.85 bits per heavy atom. The predicted octanol–water partition coefficient (Wildman–Crippen LogP) is 4.00. The van der Waals surface area contributed by atoms with Crippen LogP contribution in [0, 0.1) is 19.8 Å². The lowest BCUT2D eigenvalue weighted by Crippen LogP contribution is -2.41. The quantitative estimate of drug-likeness (QED) is 0.773. The topological polar surface area (TPSA) is 20.3 Å². The van der Waals surface area contributed by atoms with E-state index in [-0.39, 0.29) is 5.78 Å². The third kappa shape index (κ3) is 3.92. The van der Waals surface area contributed by atoms with Crippen molar-refractivity contribution in [2.45, 2.75) is 53.0 Å². The Morgan fingerprint density at radius 1 is 1.20 bits per heavy atom. The fourth-order valence-electron chi connectivity index (χ4n) is 3.31. The van der Waals surface area contributed by atoms with Crippen LogP contribution in [-0.4, -0.2) is 29.8 Å². The molecule has 2 atom stereocenters. The molecule has 2 heteroatoms. The maximum Gasteiger partial charge on any atom is 0.164 e. The zero-order valence-electron chi connectivity index (χ0n) is 13.3. The number of nitrogens with zero attached hydrogens (tertiary/aromatic N) is 1. The van der Waals surface area contributed by atoms with Crippen LogP contribution in [0.2, 0.25) is 0 Å². The van der Waals surface area contributed by atoms with Gasteiger partial charge in [0.1, 0.15) is 0 Å². The first-order chi connectivity index (χ1) is 9.45. The zero-order valence-corrected chi connectivity index (χ0v) is 13.3. The summed E-state index contributed by atoms with van der Waals surface area (Å²) in [6, 6.07) is 6.75. The second-order valence-corrected chi connectivity index (χ2v) is 6.56. The van der Waals surface area contributed by atoms with Crippen molar-refractivity contribution >= 4 is 5.78 Å². The van der Waals surface area contributed by atoms with E-state index in [1.807, 2.05) is 12.1 Å². The molecule has 1 aromatic rings. The third-order valence-corrected chi connectivity index (χ3v) is 4.45. The van der Waals surface area contributed by atoms with Gasteiger partial charge in [0.2, 0.25) is 0 Å². The first kappa shape index (κ1) is 15.2. The molecule has 1 aromatic carbocycles. The number of piperidine rings is 1. The number of aryl methyl sites for hydroxylation is 2. The highest BCUT2D eigenvalue weighted by Gasteiger charge is 2.23. The summed E-state index contributed by atoms with van der Waals surface area (Å²) in [4.78, 5) is 14.8. The third-order valence-electron chi connectivity index (χ3n) is 4.45. The zero-order chi connectivity index (χ0) is 14.7. The van der Waals surface area contributed by atoms with Gasteiger partial charge in [-0.1, -0.05) is 24.1 Å². The van der Waals surface area contributed by atoms with Crippen LogP contribution in [0.25, 0.3) is 0 Å². The van der Waals surface area contributed by atoms with Gasteiger partial charge in [0, 0.05) is 24.6 Å². The maximum atomic E-state index is 12.3. The summed E-state index contributed by atoms with van der Waals surface area (Å²) in [5.74, 6) is 1.11. The van der Waals surface area contributed by atoms with E-state index in [9.17, 15) is 4.79 Å². The SMILES string of the molecule is Cc1cc(C)cc(C(=O)CCN2CCC(C)CC2C)c1. The van der Waals surface area contributed by atoms with Crippen LogP contribution in [0.3, 0.4) is 0 Å². The highest BCUT2D eigenvalue weighted by atomic mass is 16.1. The van der Waals surface area contributed by atoms with Gasteiger partial charge in [-0.05, 0) is 58.2 Å². The molecule has 20 heavy (non-hydrogen) atoms. The van der Waals surface area contributed by atoms with Gasteiger partial charge < -0.3 is 4.90 Å². The molecule has 0 spiro atoms. The fourth-order valence-corrected chi connectivity index (χ4v) is 3.31. The minimum Gasteiger partial charge on any atom is -0.300 e. The van der Waals surface area contributed by atoms with Gasteiger partial charge in [0.15, 0.2) is 5.78 Å². The summed E-state index contributed by atoms with van der Waals surface area (Å²) in [6.45, 7) is 10.8. The number of benzene rings is 1. The van der Waals surface area contributed by atoms with Crippen molar-refractivity contribution in [3.63, 3.8) is 0 Å². The first-order valence-electron chi connectivity index (χ1n) is 7.81. The predicted molar refractivity (Wildman–Crippen MR) is 84.3 cm³/mol. The fraction of sp³-hybridized carbons (Fsp3) is 0.611. The summed E-state index contributed by atoms with van der Waals surface area (Å²) >= 11 is 0. The van der Waals surface area contributed by atoms with Crippen molar-refractivity contribution in [2.75, 3.05) is 13.1 Å². The van der Waals surface area contributed by atoms with E-state index in [2.05, 4.69) is 38.7 Å². The van der Waals surface area contributed by atoms with E-state index in [0.717, 1.165) is 24.6 Å². The van der Waals surface area contributed by atoms with Crippen molar-refractivity contribution in [3.8, 4) is 0 Å². The lowest BCUT2D eigenvalue weighted by molar-refractivity contribution is 0.0909. The van der Waals surface area contributed by atoms with E-state index in [1.54, 1.807) is 0 Å². The Hall–Kier alpha value is -1.15. The van der Waals surface area contributed by atoms with E-state index < -0.39 is 0 Å². The molecule has 0 bridgehead atoms. The van der Waals surface area contributed by atoms with Crippen molar-refractivity contribution < 1.29 is 4.79 Å². The summed E-state index contributed by atoms with van der Waals surface area (Å²) in [6.07, 6.45) is 3.17. The van der Waals surface area contributed by atoms with Gasteiger partial charge in [-0.2, -0.15) is 0 Å². The minimum absolute atomic E-state index is 0.280. The van der Waals surface area contributed by atoms with Gasteiger partial charge in [0.25, 0.3) is 0 Å². The van der Waals surface area contributed by atoms with Crippen LogP contribution in [-0.2, 0) is 0 Å². The second kappa shape index (κ2) is 6.53. The van der Waals surface area contributed by atoms with Crippen molar-refractivity contribution in [2.24, 2.45) is 5.92 Å². The molecule has 0 N–H and O–H groups in total. The summed E-state index contributed by atoms with van der Waals surface area (Å²) in [7, 11) is 0. The minimum atomic E-state index is 0.280. The van der Waals surface area contributed by atoms with Gasteiger partial charge in [0.05, 0.1) is 0 Å². The number of likely N-dealkylation sites (tertiary alicyclic amines) is 1. The number of rotatable bonds is 4. The summed E-state index contributed by atoms with van der Waals surface area (Å²) < 4.78 is 0. The molecule has 0 amide bonds. The van der Waals surface area contributed by atoms with Crippen LogP contribution < -0.4 is 0 Å². The maximum absolute atomic E-state index is 12.3. The molecule has 0 aliphatic carbocycles. The van der Waals surface area contributed by atoms with E-state index in [4.69, 9.17) is 0 Å². The molecule has 1 aliphatic heterocycles. The Bertz CT molecular complexity index is 460. The van der Waals surface area contributed by atoms with Crippen LogP contribution in [0.5, 0.6) is 0 Å². The lowest BCUT2D eigenvalue weighted by Gasteiger charge is -2.36. The average Bonchev–Trinajstić information content (AvgIpc) is 2.36. The highest BCUT2D eigenvalue weighted by Crippen LogP contribution is 2.22. The molecule has 1 fully saturated rings. The van der Waals surface area contributed by atoms with Crippen molar-refractivity contribution in [1.29, 1.82) is 0 Å². The number of carbonyl (C=O) groups excluding carboxylic acids is 1. The van der Waals surface area contributed by atoms with Crippen LogP contribution in [0.4, 0.5) is 0 Å². The molecule has 0 saturated carbocycles. The van der Waals surface area contributed by atoms with Gasteiger partial charge in [-0.3, -0.25) is 4.79 Å². The number of ketones is 1. The molecule has 2 nitrogen and oxygen atoms in total. The lowest BCUT2D eigenvalue weighted by atomic mass is 9.93. The molecular weight excluding hydrogens is 246 g/mol. The van der Waals surface area contributed by atoms with E-state index in [0.29, 0.717) is 12.5 Å². The normalized spacial score (nSPS) is 23.8. The van der Waals surface area contributed by atoms with Crippen molar-refractivity contribution in [1.82, 2.24) is 4.90 Å². The van der Waals surface area contributed by atoms with Gasteiger partial charge in [-0.25, -0.2) is 0 Å². The van der Waals surface area contributed by atoms with Crippen molar-refractivity contribution in [3.05, 3.63) is 34.9 Å². The van der Waals surface area contributed by atoms with Crippen LogP contribution in [0.15, 0.2) is 18.2 Å². The number of Topliss-reactive ketones (excluding diaryl/α,β-unsaturated/α-hetero) is 1. The smallest absolute Gasteiger partial charge is 0.164 e. The average molecular weight is 273 g/mol. The Morgan fingerprint density at radius 3 is 2.45 bits per heavy atom. The standard InChI is InChI=1S/C18H27NO/c1-13-5-7-19(16(4)10-13)8-6-18(20)17-11-14(2)9-15(3)12-17/h9,11-13,16H,5-8,10H2,1-4H3. The Labute approximate surface area is 123 Å².